The first-order valence-electron chi connectivity index (χ1n) is 16.4. The molecule has 0 N–H and O–H groups in total. The Bertz CT molecular complexity index is 2220. The van der Waals surface area contributed by atoms with Gasteiger partial charge in [0.25, 0.3) is 0 Å². The van der Waals surface area contributed by atoms with E-state index in [0.29, 0.717) is 33.2 Å². The molecular weight excluding hydrogens is 662 g/mol. The van der Waals surface area contributed by atoms with Crippen molar-refractivity contribution in [1.29, 1.82) is 0 Å². The van der Waals surface area contributed by atoms with Gasteiger partial charge in [0, 0.05) is 11.1 Å². The fourth-order valence-corrected chi connectivity index (χ4v) is 12.2. The molecule has 0 spiro atoms. The molecular formula is C42H34O6P2. The van der Waals surface area contributed by atoms with E-state index in [1.165, 1.54) is 0 Å². The Labute approximate surface area is 291 Å². The van der Waals surface area contributed by atoms with Crippen LogP contribution in [0.4, 0.5) is 0 Å². The first-order valence-corrected chi connectivity index (χ1v) is 19.8. The molecule has 0 amide bonds. The molecule has 4 unspecified atom stereocenters. The molecule has 50 heavy (non-hydrogen) atoms. The zero-order valence-electron chi connectivity index (χ0n) is 27.2. The van der Waals surface area contributed by atoms with Crippen molar-refractivity contribution in [2.24, 2.45) is 0 Å². The van der Waals surface area contributed by atoms with Gasteiger partial charge >= 0.3 is 14.7 Å². The summed E-state index contributed by atoms with van der Waals surface area (Å²) >= 11 is 0. The highest BCUT2D eigenvalue weighted by atomic mass is 31.2. The van der Waals surface area contributed by atoms with Crippen molar-refractivity contribution in [2.45, 2.75) is 11.7 Å². The largest absolute Gasteiger partial charge is 0.437 e. The van der Waals surface area contributed by atoms with Crippen LogP contribution in [0.1, 0.15) is 22.8 Å². The van der Waals surface area contributed by atoms with E-state index in [9.17, 15) is 0 Å². The van der Waals surface area contributed by atoms with Gasteiger partial charge in [-0.15, -0.1) is 13.2 Å². The predicted molar refractivity (Wildman–Crippen MR) is 201 cm³/mol. The van der Waals surface area contributed by atoms with E-state index in [-0.39, 0.29) is 13.2 Å². The summed E-state index contributed by atoms with van der Waals surface area (Å²) in [6.07, 6.45) is 3.24. The second-order valence-corrected chi connectivity index (χ2v) is 16.8. The van der Waals surface area contributed by atoms with Gasteiger partial charge in [0.2, 0.25) is 0 Å². The average Bonchev–Trinajstić information content (AvgIpc) is 3.15. The number of hydrogen-bond donors (Lipinski definition) is 0. The SMILES string of the molecule is C=CCOC(c1cc2ccccc2cc1C(OCC=C)P1(=O)Oc2ccccc2-c2ccccc21)P1(=O)Oc2ccccc2-c2ccccc21. The summed E-state index contributed by atoms with van der Waals surface area (Å²) in [5.74, 6) is -1.28. The zero-order chi connectivity index (χ0) is 34.3. The van der Waals surface area contributed by atoms with Crippen LogP contribution in [-0.4, -0.2) is 13.2 Å². The predicted octanol–water partition coefficient (Wildman–Crippen LogP) is 10.6. The molecule has 0 fully saturated rings. The van der Waals surface area contributed by atoms with Crippen molar-refractivity contribution in [3.05, 3.63) is 170 Å². The van der Waals surface area contributed by atoms with Crippen LogP contribution in [-0.2, 0) is 18.6 Å². The lowest BCUT2D eigenvalue weighted by atomic mass is 10.0. The molecule has 0 radical (unpaired) electrons. The quantitative estimate of drug-likeness (QED) is 0.105. The van der Waals surface area contributed by atoms with Crippen LogP contribution in [0.3, 0.4) is 0 Å². The van der Waals surface area contributed by atoms with Gasteiger partial charge in [-0.05, 0) is 69.4 Å². The Morgan fingerprint density at radius 2 is 0.880 bits per heavy atom. The Hall–Kier alpha value is -4.96. The molecule has 0 aromatic heterocycles. The molecule has 248 valence electrons. The number of para-hydroxylation sites is 2. The summed E-state index contributed by atoms with van der Waals surface area (Å²) in [6.45, 7) is 7.95. The Morgan fingerprint density at radius 3 is 1.30 bits per heavy atom. The lowest BCUT2D eigenvalue weighted by molar-refractivity contribution is 0.109. The lowest BCUT2D eigenvalue weighted by Crippen LogP contribution is -2.27. The van der Waals surface area contributed by atoms with Crippen molar-refractivity contribution < 1.29 is 27.7 Å². The normalized spacial score (nSPS) is 19.8. The van der Waals surface area contributed by atoms with Crippen LogP contribution >= 0.6 is 14.7 Å². The number of hydrogen-bond acceptors (Lipinski definition) is 6. The smallest absolute Gasteiger partial charge is 0.310 e. The van der Waals surface area contributed by atoms with Gasteiger partial charge in [0.05, 0.1) is 23.8 Å². The van der Waals surface area contributed by atoms with Crippen LogP contribution in [0.25, 0.3) is 33.0 Å². The van der Waals surface area contributed by atoms with Crippen molar-refractivity contribution in [1.82, 2.24) is 0 Å². The van der Waals surface area contributed by atoms with Crippen LogP contribution < -0.4 is 19.7 Å². The highest BCUT2D eigenvalue weighted by molar-refractivity contribution is 7.68. The summed E-state index contributed by atoms with van der Waals surface area (Å²) in [5.41, 5.74) is 4.34. The van der Waals surface area contributed by atoms with Gasteiger partial charge in [-0.25, -0.2) is 0 Å². The van der Waals surface area contributed by atoms with Gasteiger partial charge in [-0.1, -0.05) is 109 Å². The fraction of sp³-hybridized carbons (Fsp3) is 0.0952. The van der Waals surface area contributed by atoms with E-state index >= 15 is 9.13 Å². The topological polar surface area (TPSA) is 71.1 Å². The maximum atomic E-state index is 15.8. The zero-order valence-corrected chi connectivity index (χ0v) is 29.0. The van der Waals surface area contributed by atoms with E-state index in [1.807, 2.05) is 133 Å². The van der Waals surface area contributed by atoms with Gasteiger partial charge in [-0.3, -0.25) is 9.13 Å². The first-order chi connectivity index (χ1) is 24.5. The standard InChI is InChI=1S/C42H34O6P2/c1-3-25-45-41(49(43)39-23-13-9-19-33(39)31-17-7-11-21-37(31)47-49)35-27-29-15-5-6-16-30(29)28-36(35)42(46-26-4-2)50(44)40-24-14-10-20-34(40)32-18-8-12-22-38(32)48-50/h3-24,27-28,41-42H,1-2,25-26H2. The second kappa shape index (κ2) is 13.1. The lowest BCUT2D eigenvalue weighted by Gasteiger charge is -2.37. The third-order valence-corrected chi connectivity index (χ3v) is 14.3. The minimum Gasteiger partial charge on any atom is -0.437 e. The summed E-state index contributed by atoms with van der Waals surface area (Å²) < 4.78 is 58.0. The number of benzene rings is 6. The molecule has 8 heteroatoms. The van der Waals surface area contributed by atoms with E-state index in [0.717, 1.165) is 33.0 Å². The van der Waals surface area contributed by atoms with E-state index in [1.54, 1.807) is 12.2 Å². The summed E-state index contributed by atoms with van der Waals surface area (Å²) in [6, 6.07) is 42.0. The maximum Gasteiger partial charge on any atom is 0.310 e. The minimum atomic E-state index is -3.93. The monoisotopic (exact) mass is 696 g/mol. The summed E-state index contributed by atoms with van der Waals surface area (Å²) in [4.78, 5) is 0. The maximum absolute atomic E-state index is 15.8. The molecule has 0 saturated heterocycles. The van der Waals surface area contributed by atoms with Crippen molar-refractivity contribution >= 4 is 36.1 Å². The number of fused-ring (bicyclic) bond motifs is 7. The van der Waals surface area contributed by atoms with E-state index < -0.39 is 26.4 Å². The molecule has 2 aliphatic rings. The number of ether oxygens (including phenoxy) is 2. The van der Waals surface area contributed by atoms with Gasteiger partial charge < -0.3 is 18.5 Å². The molecule has 0 bridgehead atoms. The molecule has 6 aromatic rings. The first kappa shape index (κ1) is 32.3. The molecule has 6 aromatic carbocycles. The van der Waals surface area contributed by atoms with Crippen molar-refractivity contribution in [3.63, 3.8) is 0 Å². The summed E-state index contributed by atoms with van der Waals surface area (Å²) in [7, 11) is -7.85. The number of rotatable bonds is 10. The van der Waals surface area contributed by atoms with Gasteiger partial charge in [0.1, 0.15) is 11.5 Å². The molecule has 8 rings (SSSR count). The fourth-order valence-electron chi connectivity index (χ4n) is 6.99. The highest BCUT2D eigenvalue weighted by Gasteiger charge is 2.50. The van der Waals surface area contributed by atoms with Crippen molar-refractivity contribution in [3.8, 4) is 33.8 Å². The third-order valence-electron chi connectivity index (χ3n) is 9.15. The molecule has 4 atom stereocenters. The Balaban J connectivity index is 1.40. The second-order valence-electron chi connectivity index (χ2n) is 12.2. The van der Waals surface area contributed by atoms with Crippen LogP contribution in [0.15, 0.2) is 159 Å². The van der Waals surface area contributed by atoms with E-state index in [2.05, 4.69) is 13.2 Å². The average molecular weight is 697 g/mol. The third kappa shape index (κ3) is 5.28. The molecule has 0 aliphatic carbocycles. The Morgan fingerprint density at radius 1 is 0.520 bits per heavy atom. The van der Waals surface area contributed by atoms with Gasteiger partial charge in [-0.2, -0.15) is 0 Å². The van der Waals surface area contributed by atoms with Crippen molar-refractivity contribution in [2.75, 3.05) is 13.2 Å². The molecule has 2 heterocycles. The molecule has 2 aliphatic heterocycles. The van der Waals surface area contributed by atoms with Crippen LogP contribution in [0.5, 0.6) is 11.5 Å². The highest BCUT2D eigenvalue weighted by Crippen LogP contribution is 2.68. The van der Waals surface area contributed by atoms with Crippen LogP contribution in [0, 0.1) is 0 Å². The Kier molecular flexibility index (Phi) is 8.42. The van der Waals surface area contributed by atoms with E-state index in [4.69, 9.17) is 18.5 Å². The molecule has 6 nitrogen and oxygen atoms in total. The molecule has 0 saturated carbocycles. The van der Waals surface area contributed by atoms with Crippen LogP contribution in [0.2, 0.25) is 0 Å². The minimum absolute atomic E-state index is 0.0800. The summed E-state index contributed by atoms with van der Waals surface area (Å²) in [5, 5.41) is 2.84. The van der Waals surface area contributed by atoms with Gasteiger partial charge in [0.15, 0.2) is 11.7 Å².